The molecule has 3 rings (SSSR count). The maximum atomic E-state index is 5.53. The summed E-state index contributed by atoms with van der Waals surface area (Å²) in [6.45, 7) is 10.9. The van der Waals surface area contributed by atoms with E-state index in [9.17, 15) is 0 Å². The molecular formula is C20H30N2. The highest BCUT2D eigenvalue weighted by molar-refractivity contribution is 5.39. The molecule has 0 amide bonds. The van der Waals surface area contributed by atoms with E-state index in [1.165, 1.54) is 29.7 Å². The van der Waals surface area contributed by atoms with Gasteiger partial charge in [-0.1, -0.05) is 48.4 Å². The molecule has 0 fully saturated rings. The molecule has 120 valence electrons. The van der Waals surface area contributed by atoms with E-state index in [2.05, 4.69) is 56.0 Å². The number of nitrogens with zero attached hydrogens (tertiary/aromatic N) is 1. The molecule has 0 aromatic heterocycles. The van der Waals surface area contributed by atoms with Gasteiger partial charge in [0.2, 0.25) is 0 Å². The summed E-state index contributed by atoms with van der Waals surface area (Å²) in [6.07, 6.45) is 5.76. The van der Waals surface area contributed by atoms with Crippen LogP contribution in [0.4, 0.5) is 0 Å². The molecule has 2 aliphatic rings. The molecule has 1 aromatic rings. The minimum Gasteiger partial charge on any atom is -0.327 e. The van der Waals surface area contributed by atoms with Gasteiger partial charge in [0.05, 0.1) is 0 Å². The Labute approximate surface area is 135 Å². The second-order valence-corrected chi connectivity index (χ2v) is 6.41. The molecule has 0 bridgehead atoms. The van der Waals surface area contributed by atoms with Crippen LogP contribution in [-0.4, -0.2) is 31.1 Å². The van der Waals surface area contributed by atoms with Crippen molar-refractivity contribution in [3.8, 4) is 0 Å². The molecule has 2 N–H and O–H groups in total. The largest absolute Gasteiger partial charge is 0.327 e. The first-order valence-corrected chi connectivity index (χ1v) is 8.46. The van der Waals surface area contributed by atoms with Crippen LogP contribution in [0.15, 0.2) is 47.1 Å². The zero-order valence-electron chi connectivity index (χ0n) is 14.4. The van der Waals surface area contributed by atoms with Crippen LogP contribution in [0, 0.1) is 0 Å². The van der Waals surface area contributed by atoms with Crippen LogP contribution in [0.5, 0.6) is 0 Å². The number of rotatable bonds is 2. The van der Waals surface area contributed by atoms with Crippen molar-refractivity contribution in [2.75, 3.05) is 26.2 Å². The van der Waals surface area contributed by atoms with Gasteiger partial charge in [0, 0.05) is 19.6 Å². The molecule has 2 nitrogen and oxygen atoms in total. The van der Waals surface area contributed by atoms with Crippen LogP contribution in [-0.2, 0) is 12.8 Å². The number of hydrogen-bond donors (Lipinski definition) is 1. The highest BCUT2D eigenvalue weighted by Gasteiger charge is 2.11. The summed E-state index contributed by atoms with van der Waals surface area (Å²) < 4.78 is 0. The van der Waals surface area contributed by atoms with Gasteiger partial charge in [0.15, 0.2) is 0 Å². The molecule has 1 heterocycles. The standard InChI is InChI=1S/C12H14.C8H16N2/c1-9-7-11-5-3-4-6-12(11)8-10(9)2;1-2-10-5-3-4-8(6-9)7-10/h3-6H,7-8H2,1-2H3;4H,2-3,5-7,9H2,1H3. The lowest BCUT2D eigenvalue weighted by atomic mass is 9.88. The van der Waals surface area contributed by atoms with Crippen molar-refractivity contribution < 1.29 is 0 Å². The Balaban J connectivity index is 0.000000164. The van der Waals surface area contributed by atoms with Crippen molar-refractivity contribution in [1.29, 1.82) is 0 Å². The number of fused-ring (bicyclic) bond motifs is 1. The van der Waals surface area contributed by atoms with Crippen molar-refractivity contribution in [1.82, 2.24) is 4.90 Å². The Morgan fingerprint density at radius 3 is 2.14 bits per heavy atom. The molecule has 0 atom stereocenters. The Kier molecular flexibility index (Phi) is 6.41. The summed E-state index contributed by atoms with van der Waals surface area (Å²) in [5, 5.41) is 0. The van der Waals surface area contributed by atoms with Gasteiger partial charge in [0.25, 0.3) is 0 Å². The predicted molar refractivity (Wildman–Crippen MR) is 96.1 cm³/mol. The second kappa shape index (κ2) is 8.30. The number of nitrogens with two attached hydrogens (primary N) is 1. The Bertz CT molecular complexity index is 522. The van der Waals surface area contributed by atoms with E-state index in [0.717, 1.165) is 32.5 Å². The van der Waals surface area contributed by atoms with Crippen LogP contribution in [0.2, 0.25) is 0 Å². The molecule has 0 spiro atoms. The monoisotopic (exact) mass is 298 g/mol. The fourth-order valence-electron chi connectivity index (χ4n) is 3.08. The second-order valence-electron chi connectivity index (χ2n) is 6.41. The van der Waals surface area contributed by atoms with Crippen molar-refractivity contribution in [2.45, 2.75) is 40.0 Å². The Hall–Kier alpha value is -1.38. The van der Waals surface area contributed by atoms with Gasteiger partial charge in [-0.3, -0.25) is 4.90 Å². The average Bonchev–Trinajstić information content (AvgIpc) is 2.56. The van der Waals surface area contributed by atoms with Gasteiger partial charge >= 0.3 is 0 Å². The summed E-state index contributed by atoms with van der Waals surface area (Å²) in [5.41, 5.74) is 13.0. The van der Waals surface area contributed by atoms with E-state index in [-0.39, 0.29) is 0 Å². The lowest BCUT2D eigenvalue weighted by Gasteiger charge is -2.24. The van der Waals surface area contributed by atoms with Crippen molar-refractivity contribution in [2.24, 2.45) is 5.73 Å². The normalized spacial score (nSPS) is 18.3. The smallest absolute Gasteiger partial charge is 0.0205 e. The van der Waals surface area contributed by atoms with E-state index in [1.54, 1.807) is 11.1 Å². The fraction of sp³-hybridized carbons (Fsp3) is 0.500. The van der Waals surface area contributed by atoms with E-state index >= 15 is 0 Å². The summed E-state index contributed by atoms with van der Waals surface area (Å²) >= 11 is 0. The summed E-state index contributed by atoms with van der Waals surface area (Å²) in [7, 11) is 0. The van der Waals surface area contributed by atoms with Crippen LogP contribution >= 0.6 is 0 Å². The zero-order chi connectivity index (χ0) is 15.9. The third kappa shape index (κ3) is 4.56. The molecule has 0 saturated carbocycles. The maximum absolute atomic E-state index is 5.53. The highest BCUT2D eigenvalue weighted by atomic mass is 15.1. The molecule has 0 radical (unpaired) electrons. The maximum Gasteiger partial charge on any atom is 0.0205 e. The third-order valence-corrected chi connectivity index (χ3v) is 4.77. The lowest BCUT2D eigenvalue weighted by Crippen LogP contribution is -2.31. The number of allylic oxidation sites excluding steroid dienone is 2. The lowest BCUT2D eigenvalue weighted by molar-refractivity contribution is 0.305. The first-order chi connectivity index (χ1) is 10.6. The molecule has 2 heteroatoms. The molecule has 1 aliphatic carbocycles. The fourth-order valence-corrected chi connectivity index (χ4v) is 3.08. The first-order valence-electron chi connectivity index (χ1n) is 8.46. The van der Waals surface area contributed by atoms with E-state index in [4.69, 9.17) is 5.73 Å². The van der Waals surface area contributed by atoms with Crippen molar-refractivity contribution in [3.05, 3.63) is 58.2 Å². The zero-order valence-corrected chi connectivity index (χ0v) is 14.4. The number of likely N-dealkylation sites (N-methyl/N-ethyl adjacent to an activating group) is 1. The summed E-state index contributed by atoms with van der Waals surface area (Å²) in [4.78, 5) is 2.42. The van der Waals surface area contributed by atoms with Crippen molar-refractivity contribution >= 4 is 0 Å². The average molecular weight is 298 g/mol. The van der Waals surface area contributed by atoms with Crippen LogP contribution in [0.1, 0.15) is 38.3 Å². The Morgan fingerprint density at radius 1 is 1.05 bits per heavy atom. The van der Waals surface area contributed by atoms with Crippen LogP contribution in [0.25, 0.3) is 0 Å². The van der Waals surface area contributed by atoms with E-state index < -0.39 is 0 Å². The van der Waals surface area contributed by atoms with E-state index in [1.807, 2.05) is 0 Å². The molecule has 1 aromatic carbocycles. The van der Waals surface area contributed by atoms with Crippen LogP contribution in [0.3, 0.4) is 0 Å². The van der Waals surface area contributed by atoms with Gasteiger partial charge in [-0.05, 0) is 56.4 Å². The summed E-state index contributed by atoms with van der Waals surface area (Å²) in [5.74, 6) is 0. The minimum absolute atomic E-state index is 0.733. The molecular weight excluding hydrogens is 268 g/mol. The predicted octanol–water partition coefficient (Wildman–Crippen LogP) is 3.72. The van der Waals surface area contributed by atoms with E-state index in [0.29, 0.717) is 0 Å². The van der Waals surface area contributed by atoms with Gasteiger partial charge in [-0.2, -0.15) is 0 Å². The molecule has 22 heavy (non-hydrogen) atoms. The Morgan fingerprint density at radius 2 is 1.64 bits per heavy atom. The van der Waals surface area contributed by atoms with Gasteiger partial charge in [-0.15, -0.1) is 0 Å². The topological polar surface area (TPSA) is 29.3 Å². The minimum atomic E-state index is 0.733. The molecule has 0 unspecified atom stereocenters. The highest BCUT2D eigenvalue weighted by Crippen LogP contribution is 2.24. The molecule has 0 saturated heterocycles. The quantitative estimate of drug-likeness (QED) is 0.843. The van der Waals surface area contributed by atoms with Gasteiger partial charge in [-0.25, -0.2) is 0 Å². The molecule has 1 aliphatic heterocycles. The van der Waals surface area contributed by atoms with Gasteiger partial charge in [0.1, 0.15) is 0 Å². The van der Waals surface area contributed by atoms with Crippen molar-refractivity contribution in [3.63, 3.8) is 0 Å². The van der Waals surface area contributed by atoms with Gasteiger partial charge < -0.3 is 5.73 Å². The first kappa shape index (κ1) is 17.0. The SMILES string of the molecule is CC1=C(C)Cc2ccccc2C1.CCN1CCC=C(CN)C1. The summed E-state index contributed by atoms with van der Waals surface area (Å²) in [6, 6.07) is 8.75. The third-order valence-electron chi connectivity index (χ3n) is 4.77. The number of hydrogen-bond acceptors (Lipinski definition) is 2. The number of benzene rings is 1. The van der Waals surface area contributed by atoms with Crippen LogP contribution < -0.4 is 5.73 Å².